The second-order valence-corrected chi connectivity index (χ2v) is 16.2. The molecule has 0 heterocycles. The number of esters is 1. The van der Waals surface area contributed by atoms with Crippen LogP contribution < -0.4 is 21.4 Å². The van der Waals surface area contributed by atoms with E-state index >= 15 is 0 Å². The molecule has 3 unspecified atom stereocenters. The fraction of sp³-hybridized carbons (Fsp3) is 0.333. The molecule has 0 fully saturated rings. The molecule has 3 aromatic rings. The van der Waals surface area contributed by atoms with Gasteiger partial charge >= 0.3 is 236 Å². The van der Waals surface area contributed by atoms with Gasteiger partial charge in [0, 0.05) is 12.1 Å². The molecule has 53 heavy (non-hydrogen) atoms. The zero-order chi connectivity index (χ0) is 39.0. The van der Waals surface area contributed by atoms with Crippen LogP contribution >= 0.6 is 0 Å². The summed E-state index contributed by atoms with van der Waals surface area (Å²) in [5, 5.41) is 12.7. The van der Waals surface area contributed by atoms with Gasteiger partial charge in [-0.25, -0.2) is 0 Å². The minimum atomic E-state index is -4.24. The molecule has 3 atom stereocenters. The Kier molecular flexibility index (Phi) is 17.3. The van der Waals surface area contributed by atoms with E-state index in [4.69, 9.17) is 9.29 Å². The number of rotatable bonds is 20. The molecule has 17 heteroatoms. The Morgan fingerprint density at radius 2 is 1.53 bits per heavy atom. The Morgan fingerprint density at radius 3 is 2.17 bits per heavy atom. The van der Waals surface area contributed by atoms with Gasteiger partial charge in [0.2, 0.25) is 0 Å². The van der Waals surface area contributed by atoms with Crippen molar-refractivity contribution in [1.29, 1.82) is 0 Å². The maximum atomic E-state index is 13.1. The normalized spacial score (nSPS) is 13.3. The topological polar surface area (TPSA) is 209 Å². The van der Waals surface area contributed by atoms with Crippen LogP contribution in [-0.2, 0) is 63.4 Å². The molecule has 0 aliphatic rings. The Labute approximate surface area is 321 Å². The molecular formula is C36H43Co2N5O9S. The molecule has 290 valence electrons. The predicted octanol–water partition coefficient (Wildman–Crippen LogP) is 4.99. The van der Waals surface area contributed by atoms with E-state index in [1.54, 1.807) is 25.1 Å². The predicted molar refractivity (Wildman–Crippen MR) is 195 cm³/mol. The molecule has 3 amide bonds. The van der Waals surface area contributed by atoms with Crippen LogP contribution in [0.2, 0.25) is 15.6 Å². The summed E-state index contributed by atoms with van der Waals surface area (Å²) < 4.78 is 35.7. The molecule has 0 saturated carbocycles. The Bertz CT molecular complexity index is 1890. The fourth-order valence-electron chi connectivity index (χ4n) is 4.43. The number of methoxy groups -OCH3 is 1. The first-order chi connectivity index (χ1) is 25.2. The Balaban J connectivity index is 1.58. The molecule has 0 saturated heterocycles. The number of carbonyl (C=O) groups is 5. The van der Waals surface area contributed by atoms with Crippen molar-refractivity contribution in [2.45, 2.75) is 47.6 Å². The number of hydrogen-bond acceptors (Lipinski definition) is 10. The van der Waals surface area contributed by atoms with Crippen LogP contribution in [0.3, 0.4) is 0 Å². The number of benzene rings is 3. The average molecular weight is 840 g/mol. The minimum absolute atomic E-state index is 0.133. The molecule has 0 aromatic heterocycles. The Hall–Kier alpha value is -4.40. The molecule has 14 nitrogen and oxygen atoms in total. The van der Waals surface area contributed by atoms with Gasteiger partial charge in [0.25, 0.3) is 16.0 Å². The average Bonchev–Trinajstić information content (AvgIpc) is 3.12. The van der Waals surface area contributed by atoms with Crippen LogP contribution in [0.1, 0.15) is 48.0 Å². The molecule has 0 aliphatic carbocycles. The molecule has 3 rings (SSSR count). The third-order valence-electron chi connectivity index (χ3n) is 7.19. The van der Waals surface area contributed by atoms with E-state index in [9.17, 15) is 32.4 Å². The number of ketones is 1. The van der Waals surface area contributed by atoms with Crippen molar-refractivity contribution in [3.8, 4) is 0 Å². The molecule has 0 aliphatic heterocycles. The van der Waals surface area contributed by atoms with Crippen LogP contribution in [0.25, 0.3) is 0 Å². The van der Waals surface area contributed by atoms with Crippen LogP contribution in [-0.4, -0.2) is 67.6 Å². The molecular weight excluding hydrogens is 796 g/mol. The molecule has 5 N–H and O–H groups in total. The van der Waals surface area contributed by atoms with Crippen molar-refractivity contribution in [2.75, 3.05) is 35.5 Å². The van der Waals surface area contributed by atoms with E-state index in [0.29, 0.717) is 16.4 Å². The molecule has 3 aromatic carbocycles. The van der Waals surface area contributed by atoms with Crippen LogP contribution in [0.4, 0.5) is 17.1 Å². The molecule has 0 spiro atoms. The second-order valence-electron chi connectivity index (χ2n) is 11.4. The van der Waals surface area contributed by atoms with Crippen LogP contribution in [0, 0.1) is 5.92 Å². The summed E-state index contributed by atoms with van der Waals surface area (Å²) in [7, 11) is -2.88. The van der Waals surface area contributed by atoms with Crippen LogP contribution in [0.15, 0.2) is 84.0 Å². The quantitative estimate of drug-likeness (QED) is 0.0339. The zero-order valence-corrected chi connectivity index (χ0v) is 32.4. The van der Waals surface area contributed by atoms with Gasteiger partial charge in [-0.2, -0.15) is 8.42 Å². The summed E-state index contributed by atoms with van der Waals surface area (Å²) >= 11 is 1.96. The zero-order valence-electron chi connectivity index (χ0n) is 29.5. The van der Waals surface area contributed by atoms with Crippen molar-refractivity contribution >= 4 is 62.4 Å². The Morgan fingerprint density at radius 1 is 0.868 bits per heavy atom. The standard InChI is InChI=1S/C23H26N5O7S.C9H11.C4H6O2.2Co/c1-14(2)21(30)25-17-7-5-8-18(13-17)26-23(32)20(15(3)29)28-27-19-9-4-6-16(12-19)22(31)24-10-11-36(33,34)35;1-2-6-9-7-4-3-5-8-9;1-3-4(5)6-2;;/h4-9,12-14,27H,1,10-11H2,2-3H3,(H,24,31)(H,25,30)(H,26,32)(H,33,34,35);3-8H,2H2,1H3;3H,1H2,2H3;;/b28-20-;;;;. The van der Waals surface area contributed by atoms with E-state index in [1.807, 2.05) is 18.2 Å². The van der Waals surface area contributed by atoms with E-state index in [-0.39, 0.29) is 45.1 Å². The van der Waals surface area contributed by atoms with Crippen molar-refractivity contribution in [1.82, 2.24) is 5.32 Å². The van der Waals surface area contributed by atoms with Gasteiger partial charge in [0.1, 0.15) is 0 Å². The van der Waals surface area contributed by atoms with E-state index in [0.717, 1.165) is 42.7 Å². The number of amides is 3. The van der Waals surface area contributed by atoms with Gasteiger partial charge in [0.05, 0.1) is 11.4 Å². The van der Waals surface area contributed by atoms with E-state index < -0.39 is 45.1 Å². The monoisotopic (exact) mass is 839 g/mol. The maximum absolute atomic E-state index is 13.1. The first-order valence-electron chi connectivity index (χ1n) is 16.3. The fourth-order valence-corrected chi connectivity index (χ4v) is 8.21. The van der Waals surface area contributed by atoms with Crippen molar-refractivity contribution in [2.24, 2.45) is 11.0 Å². The first kappa shape index (κ1) is 43.0. The van der Waals surface area contributed by atoms with Gasteiger partial charge in [0.15, 0.2) is 0 Å². The number of Topliss-reactive ketones (excluding diaryl/α,β-unsaturated/α-hetero) is 1. The van der Waals surface area contributed by atoms with Crippen molar-refractivity contribution in [3.05, 3.63) is 90.0 Å². The summed E-state index contributed by atoms with van der Waals surface area (Å²) in [6, 6.07) is 22.4. The van der Waals surface area contributed by atoms with Crippen molar-refractivity contribution in [3.63, 3.8) is 0 Å². The summed E-state index contributed by atoms with van der Waals surface area (Å²) in [5.41, 5.74) is 4.39. The second kappa shape index (κ2) is 21.3. The summed E-state index contributed by atoms with van der Waals surface area (Å²) in [6.45, 7) is 4.74. The number of carbonyl (C=O) groups excluding carboxylic acids is 5. The van der Waals surface area contributed by atoms with Gasteiger partial charge in [-0.3, -0.25) is 9.35 Å². The number of nitrogens with one attached hydrogen (secondary N) is 4. The number of hydrogen-bond donors (Lipinski definition) is 5. The van der Waals surface area contributed by atoms with Gasteiger partial charge in [-0.15, -0.1) is 0 Å². The van der Waals surface area contributed by atoms with Gasteiger partial charge in [-0.05, 0) is 18.2 Å². The summed E-state index contributed by atoms with van der Waals surface area (Å²) in [4.78, 5) is 63.4. The summed E-state index contributed by atoms with van der Waals surface area (Å²) in [5.74, 6) is -3.78. The number of hydrazone groups is 1. The summed E-state index contributed by atoms with van der Waals surface area (Å²) in [6.07, 6.45) is 0.926. The third kappa shape index (κ3) is 14.9. The number of nitrogens with zero attached hydrogens (tertiary/aromatic N) is 1. The number of anilines is 3. The molecule has 0 bridgehead atoms. The van der Waals surface area contributed by atoms with Gasteiger partial charge in [-0.1, -0.05) is 6.07 Å². The SMILES string of the molecule is CC[CH]([Co][CH2][CH]([Co][CH2]C(C)C(=O)Nc1cccc(NC(=O)/C(=N\Nc2cccc(C(=O)NCCS(=O)(=O)O)c2)C(C)=O)c1)C(=O)OC)c1ccccc1. The van der Waals surface area contributed by atoms with E-state index in [2.05, 4.69) is 45.5 Å². The first-order valence-corrected chi connectivity index (χ1v) is 20.6. The third-order valence-corrected chi connectivity index (χ3v) is 12.0. The van der Waals surface area contributed by atoms with Gasteiger partial charge < -0.3 is 5.32 Å². The van der Waals surface area contributed by atoms with E-state index in [1.165, 1.54) is 43.0 Å². The van der Waals surface area contributed by atoms with Crippen LogP contribution in [0.5, 0.6) is 0 Å². The number of ether oxygens (including phenoxy) is 1. The molecule has 0 radical (unpaired) electrons. The van der Waals surface area contributed by atoms with Crippen molar-refractivity contribution < 1.29 is 71.1 Å².